The fourth-order valence-corrected chi connectivity index (χ4v) is 0.368. The van der Waals surface area contributed by atoms with Gasteiger partial charge in [-0.1, -0.05) is 13.2 Å². The lowest BCUT2D eigenvalue weighted by Crippen LogP contribution is -2.11. The molecule has 0 rings (SSSR count). The Morgan fingerprint density at radius 2 is 1.75 bits per heavy atom. The SMILES string of the molecule is C=C(F)C(=C)OCCC(F)(F)F. The van der Waals surface area contributed by atoms with E-state index in [1.54, 1.807) is 0 Å². The third-order valence-corrected chi connectivity index (χ3v) is 0.964. The van der Waals surface area contributed by atoms with E-state index in [1.165, 1.54) is 0 Å². The van der Waals surface area contributed by atoms with Crippen LogP contribution in [0.25, 0.3) is 0 Å². The molecule has 0 heterocycles. The average Bonchev–Trinajstić information content (AvgIpc) is 1.84. The van der Waals surface area contributed by atoms with Crippen molar-refractivity contribution in [2.24, 2.45) is 0 Å². The van der Waals surface area contributed by atoms with E-state index >= 15 is 0 Å². The van der Waals surface area contributed by atoms with Crippen LogP contribution in [0.5, 0.6) is 0 Å². The Bertz CT molecular complexity index is 182. The molecule has 0 aromatic heterocycles. The third kappa shape index (κ3) is 5.76. The average molecular weight is 184 g/mol. The summed E-state index contributed by atoms with van der Waals surface area (Å²) in [6, 6.07) is 0. The van der Waals surface area contributed by atoms with Crippen LogP contribution in [0.2, 0.25) is 0 Å². The van der Waals surface area contributed by atoms with Gasteiger partial charge in [-0.2, -0.15) is 13.2 Å². The van der Waals surface area contributed by atoms with Gasteiger partial charge in [0.1, 0.15) is 5.76 Å². The lowest BCUT2D eigenvalue weighted by molar-refractivity contribution is -0.142. The number of hydrogen-bond acceptors (Lipinski definition) is 1. The Balaban J connectivity index is 3.58. The fraction of sp³-hybridized carbons (Fsp3) is 0.429. The van der Waals surface area contributed by atoms with Crippen LogP contribution in [0.1, 0.15) is 6.42 Å². The van der Waals surface area contributed by atoms with Crippen molar-refractivity contribution in [1.29, 1.82) is 0 Å². The number of alkyl halides is 3. The highest BCUT2D eigenvalue weighted by Gasteiger charge is 2.26. The van der Waals surface area contributed by atoms with Crippen molar-refractivity contribution in [3.63, 3.8) is 0 Å². The maximum Gasteiger partial charge on any atom is 0.392 e. The molecule has 0 N–H and O–H groups in total. The molecule has 0 atom stereocenters. The summed E-state index contributed by atoms with van der Waals surface area (Å²) in [5.74, 6) is -1.42. The Morgan fingerprint density at radius 1 is 1.25 bits per heavy atom. The van der Waals surface area contributed by atoms with Gasteiger partial charge in [-0.3, -0.25) is 0 Å². The zero-order valence-electron chi connectivity index (χ0n) is 6.25. The summed E-state index contributed by atoms with van der Waals surface area (Å²) in [7, 11) is 0. The topological polar surface area (TPSA) is 9.23 Å². The Labute approximate surface area is 67.3 Å². The first-order valence-corrected chi connectivity index (χ1v) is 3.06. The molecule has 0 amide bonds. The minimum atomic E-state index is -4.29. The number of ether oxygens (including phenoxy) is 1. The summed E-state index contributed by atoms with van der Waals surface area (Å²) in [5, 5.41) is 0. The molecule has 0 saturated heterocycles. The maximum atomic E-state index is 12.0. The van der Waals surface area contributed by atoms with Crippen LogP contribution in [-0.2, 0) is 4.74 Å². The van der Waals surface area contributed by atoms with Crippen LogP contribution in [0.3, 0.4) is 0 Å². The molecule has 0 aromatic carbocycles. The van der Waals surface area contributed by atoms with Crippen molar-refractivity contribution in [3.05, 3.63) is 24.7 Å². The summed E-state index contributed by atoms with van der Waals surface area (Å²) in [6.07, 6.45) is -5.42. The number of hydrogen-bond donors (Lipinski definition) is 0. The van der Waals surface area contributed by atoms with Gasteiger partial charge in [0.25, 0.3) is 0 Å². The standard InChI is InChI=1S/C7H8F4O/c1-5(8)6(2)12-4-3-7(9,10)11/h1-4H2. The van der Waals surface area contributed by atoms with E-state index in [0.717, 1.165) is 0 Å². The van der Waals surface area contributed by atoms with Gasteiger partial charge in [-0.15, -0.1) is 0 Å². The third-order valence-electron chi connectivity index (χ3n) is 0.964. The number of rotatable bonds is 4. The van der Waals surface area contributed by atoms with Crippen molar-refractivity contribution in [1.82, 2.24) is 0 Å². The van der Waals surface area contributed by atoms with Crippen molar-refractivity contribution in [2.75, 3.05) is 6.61 Å². The second kappa shape index (κ2) is 4.13. The highest BCUT2D eigenvalue weighted by molar-refractivity contribution is 5.10. The van der Waals surface area contributed by atoms with E-state index in [9.17, 15) is 17.6 Å². The first-order chi connectivity index (χ1) is 5.33. The molecule has 0 aliphatic rings. The van der Waals surface area contributed by atoms with Crippen LogP contribution in [0.15, 0.2) is 24.7 Å². The highest BCUT2D eigenvalue weighted by atomic mass is 19.4. The zero-order chi connectivity index (χ0) is 9.78. The van der Waals surface area contributed by atoms with E-state index in [2.05, 4.69) is 17.9 Å². The molecule has 0 aliphatic carbocycles. The second-order valence-corrected chi connectivity index (χ2v) is 2.04. The van der Waals surface area contributed by atoms with E-state index in [4.69, 9.17) is 0 Å². The van der Waals surface area contributed by atoms with E-state index in [0.29, 0.717) is 0 Å². The minimum absolute atomic E-state index is 0.459. The number of halogens is 4. The van der Waals surface area contributed by atoms with Gasteiger partial charge in [0.05, 0.1) is 13.0 Å². The molecule has 0 radical (unpaired) electrons. The van der Waals surface area contributed by atoms with Crippen molar-refractivity contribution in [2.45, 2.75) is 12.6 Å². The van der Waals surface area contributed by atoms with Gasteiger partial charge in [-0.25, -0.2) is 4.39 Å². The van der Waals surface area contributed by atoms with E-state index < -0.39 is 30.8 Å². The molecule has 0 unspecified atom stereocenters. The van der Waals surface area contributed by atoms with E-state index in [-0.39, 0.29) is 0 Å². The van der Waals surface area contributed by atoms with Gasteiger partial charge in [0.2, 0.25) is 0 Å². The molecule has 0 aromatic rings. The molecule has 1 nitrogen and oxygen atoms in total. The van der Waals surface area contributed by atoms with Crippen LogP contribution in [0, 0.1) is 0 Å². The zero-order valence-corrected chi connectivity index (χ0v) is 6.25. The lowest BCUT2D eigenvalue weighted by Gasteiger charge is -2.08. The Hall–Kier alpha value is -1.00. The van der Waals surface area contributed by atoms with Crippen LogP contribution in [0.4, 0.5) is 17.6 Å². The van der Waals surface area contributed by atoms with Crippen LogP contribution < -0.4 is 0 Å². The molecule has 0 bridgehead atoms. The smallest absolute Gasteiger partial charge is 0.392 e. The van der Waals surface area contributed by atoms with Gasteiger partial charge in [0.15, 0.2) is 5.83 Å². The van der Waals surface area contributed by atoms with Crippen molar-refractivity contribution >= 4 is 0 Å². The largest absolute Gasteiger partial charge is 0.491 e. The lowest BCUT2D eigenvalue weighted by atomic mass is 10.4. The molecule has 70 valence electrons. The van der Waals surface area contributed by atoms with Gasteiger partial charge in [0, 0.05) is 0 Å². The maximum absolute atomic E-state index is 12.0. The molecular formula is C7H8F4O. The summed E-state index contributed by atoms with van der Waals surface area (Å²) in [4.78, 5) is 0. The predicted molar refractivity (Wildman–Crippen MR) is 36.0 cm³/mol. The van der Waals surface area contributed by atoms with Crippen molar-refractivity contribution < 1.29 is 22.3 Å². The predicted octanol–water partition coefficient (Wildman–Crippen LogP) is 2.95. The van der Waals surface area contributed by atoms with Gasteiger partial charge in [-0.05, 0) is 0 Å². The van der Waals surface area contributed by atoms with E-state index in [1.807, 2.05) is 0 Å². The summed E-state index contributed by atoms with van der Waals surface area (Å²) in [5.41, 5.74) is 0. The normalized spacial score (nSPS) is 11.0. The van der Waals surface area contributed by atoms with Crippen molar-refractivity contribution in [3.8, 4) is 0 Å². The van der Waals surface area contributed by atoms with Gasteiger partial charge < -0.3 is 4.74 Å². The van der Waals surface area contributed by atoms with Crippen LogP contribution in [-0.4, -0.2) is 12.8 Å². The van der Waals surface area contributed by atoms with Gasteiger partial charge >= 0.3 is 6.18 Å². The molecule has 0 fully saturated rings. The first-order valence-electron chi connectivity index (χ1n) is 3.06. The second-order valence-electron chi connectivity index (χ2n) is 2.04. The summed E-state index contributed by atoms with van der Waals surface area (Å²) >= 11 is 0. The summed E-state index contributed by atoms with van der Waals surface area (Å²) in [6.45, 7) is 5.17. The molecular weight excluding hydrogens is 176 g/mol. The molecule has 5 heteroatoms. The number of allylic oxidation sites excluding steroid dienone is 1. The fourth-order valence-electron chi connectivity index (χ4n) is 0.368. The quantitative estimate of drug-likeness (QED) is 0.370. The molecule has 0 spiro atoms. The molecule has 12 heavy (non-hydrogen) atoms. The summed E-state index contributed by atoms with van der Waals surface area (Å²) < 4.78 is 50.7. The minimum Gasteiger partial charge on any atom is -0.491 e. The Morgan fingerprint density at radius 3 is 2.08 bits per heavy atom. The van der Waals surface area contributed by atoms with Crippen LogP contribution >= 0.6 is 0 Å². The Kier molecular flexibility index (Phi) is 3.79. The molecule has 0 saturated carbocycles. The molecule has 0 aliphatic heterocycles. The first kappa shape index (κ1) is 11.0. The monoisotopic (exact) mass is 184 g/mol. The highest BCUT2D eigenvalue weighted by Crippen LogP contribution is 2.20.